The predicted molar refractivity (Wildman–Crippen MR) is 122 cm³/mol. The highest BCUT2D eigenvalue weighted by Gasteiger charge is 2.16. The Morgan fingerprint density at radius 3 is 2.32 bits per heavy atom. The molecule has 6 nitrogen and oxygen atoms in total. The third-order valence-electron chi connectivity index (χ3n) is 5.04. The lowest BCUT2D eigenvalue weighted by Crippen LogP contribution is -1.98. The van der Waals surface area contributed by atoms with E-state index in [1.54, 1.807) is 18.0 Å². The van der Waals surface area contributed by atoms with Crippen molar-refractivity contribution in [1.82, 2.24) is 14.8 Å². The average molecular weight is 408 g/mol. The van der Waals surface area contributed by atoms with Crippen LogP contribution in [0.1, 0.15) is 0 Å². The van der Waals surface area contributed by atoms with Gasteiger partial charge in [0.25, 0.3) is 0 Å². The number of hydrogen-bond acceptors (Lipinski definition) is 5. The summed E-state index contributed by atoms with van der Waals surface area (Å²) in [6.07, 6.45) is 1.77. The number of pyridine rings is 1. The first kappa shape index (κ1) is 18.7. The molecule has 3 aromatic carbocycles. The Labute approximate surface area is 179 Å². The summed E-state index contributed by atoms with van der Waals surface area (Å²) in [6, 6.07) is 27.2. The first-order chi connectivity index (χ1) is 15.2. The van der Waals surface area contributed by atoms with Crippen LogP contribution in [0.15, 0.2) is 91.1 Å². The molecule has 6 heteroatoms. The summed E-state index contributed by atoms with van der Waals surface area (Å²) in [7, 11) is 1.64. The Morgan fingerprint density at radius 1 is 0.806 bits per heavy atom. The molecule has 0 aliphatic carbocycles. The Bertz CT molecular complexity index is 1350. The van der Waals surface area contributed by atoms with E-state index in [1.165, 1.54) is 0 Å². The summed E-state index contributed by atoms with van der Waals surface area (Å²) >= 11 is 0. The first-order valence-corrected chi connectivity index (χ1v) is 9.84. The van der Waals surface area contributed by atoms with Gasteiger partial charge in [-0.1, -0.05) is 36.4 Å². The van der Waals surface area contributed by atoms with Crippen LogP contribution in [0.2, 0.25) is 0 Å². The van der Waals surface area contributed by atoms with Crippen molar-refractivity contribution in [3.8, 4) is 34.1 Å². The van der Waals surface area contributed by atoms with Crippen molar-refractivity contribution >= 4 is 16.9 Å². The number of fused-ring (bicyclic) bond motifs is 1. The number of nitrogens with zero attached hydrogens (tertiary/aromatic N) is 3. The van der Waals surface area contributed by atoms with Crippen LogP contribution in [-0.2, 0) is 0 Å². The van der Waals surface area contributed by atoms with Crippen molar-refractivity contribution in [1.29, 1.82) is 0 Å². The fourth-order valence-electron chi connectivity index (χ4n) is 3.56. The summed E-state index contributed by atoms with van der Waals surface area (Å²) < 4.78 is 13.0. The topological polar surface area (TPSA) is 75.2 Å². The standard InChI is InChI=1S/C25H20N4O2/c1-30-21-9-5-6-18(16-21)29-25-23(24(26)28-29)22(14-15-27-25)17-10-12-20(13-11-17)31-19-7-3-2-4-8-19/h2-16H,1H3,(H2,26,28). The molecule has 0 spiro atoms. The predicted octanol–water partition coefficient (Wildman–Crippen LogP) is 5.47. The highest BCUT2D eigenvalue weighted by atomic mass is 16.5. The Morgan fingerprint density at radius 2 is 1.55 bits per heavy atom. The summed E-state index contributed by atoms with van der Waals surface area (Å²) in [5.41, 5.74) is 9.81. The molecule has 0 fully saturated rings. The van der Waals surface area contributed by atoms with Gasteiger partial charge in [0.15, 0.2) is 11.5 Å². The number of nitrogen functional groups attached to an aromatic ring is 1. The third-order valence-corrected chi connectivity index (χ3v) is 5.04. The second-order valence-electron chi connectivity index (χ2n) is 7.00. The molecule has 0 saturated heterocycles. The van der Waals surface area contributed by atoms with E-state index in [1.807, 2.05) is 84.9 Å². The molecule has 5 aromatic rings. The molecule has 5 rings (SSSR count). The van der Waals surface area contributed by atoms with Crippen LogP contribution in [0.4, 0.5) is 5.82 Å². The molecule has 0 unspecified atom stereocenters. The van der Waals surface area contributed by atoms with E-state index in [2.05, 4.69) is 10.1 Å². The van der Waals surface area contributed by atoms with E-state index in [4.69, 9.17) is 15.2 Å². The van der Waals surface area contributed by atoms with Crippen molar-refractivity contribution in [3.63, 3.8) is 0 Å². The second kappa shape index (κ2) is 7.84. The lowest BCUT2D eigenvalue weighted by molar-refractivity contribution is 0.414. The fraction of sp³-hybridized carbons (Fsp3) is 0.0400. The summed E-state index contributed by atoms with van der Waals surface area (Å²) in [5, 5.41) is 5.35. The summed E-state index contributed by atoms with van der Waals surface area (Å²) in [6.45, 7) is 0. The molecular formula is C25H20N4O2. The molecule has 31 heavy (non-hydrogen) atoms. The lowest BCUT2D eigenvalue weighted by atomic mass is 10.0. The van der Waals surface area contributed by atoms with Crippen molar-refractivity contribution in [2.45, 2.75) is 0 Å². The van der Waals surface area contributed by atoms with Crippen LogP contribution in [0.3, 0.4) is 0 Å². The van der Waals surface area contributed by atoms with E-state index in [0.29, 0.717) is 11.5 Å². The van der Waals surface area contributed by atoms with Crippen LogP contribution in [-0.4, -0.2) is 21.9 Å². The van der Waals surface area contributed by atoms with Gasteiger partial charge in [-0.3, -0.25) is 0 Å². The number of ether oxygens (including phenoxy) is 2. The highest BCUT2D eigenvalue weighted by Crippen LogP contribution is 2.34. The minimum absolute atomic E-state index is 0.422. The van der Waals surface area contributed by atoms with Crippen molar-refractivity contribution in [2.24, 2.45) is 0 Å². The van der Waals surface area contributed by atoms with Gasteiger partial charge < -0.3 is 15.2 Å². The van der Waals surface area contributed by atoms with Gasteiger partial charge >= 0.3 is 0 Å². The third kappa shape index (κ3) is 3.55. The number of methoxy groups -OCH3 is 1. The van der Waals surface area contributed by atoms with Crippen LogP contribution in [0.25, 0.3) is 27.8 Å². The van der Waals surface area contributed by atoms with Gasteiger partial charge in [0.2, 0.25) is 0 Å². The second-order valence-corrected chi connectivity index (χ2v) is 7.00. The largest absolute Gasteiger partial charge is 0.497 e. The number of rotatable bonds is 5. The maximum Gasteiger partial charge on any atom is 0.165 e. The molecule has 0 amide bonds. The smallest absolute Gasteiger partial charge is 0.165 e. The number of para-hydroxylation sites is 1. The summed E-state index contributed by atoms with van der Waals surface area (Å²) in [5.74, 6) is 2.72. The van der Waals surface area contributed by atoms with Gasteiger partial charge in [0.1, 0.15) is 17.2 Å². The van der Waals surface area contributed by atoms with Gasteiger partial charge in [-0.2, -0.15) is 0 Å². The number of hydrogen-bond donors (Lipinski definition) is 1. The van der Waals surface area contributed by atoms with Crippen LogP contribution >= 0.6 is 0 Å². The molecule has 152 valence electrons. The Kier molecular flexibility index (Phi) is 4.72. The number of nitrogens with two attached hydrogens (primary N) is 1. The van der Waals surface area contributed by atoms with Gasteiger partial charge in [-0.15, -0.1) is 5.10 Å². The maximum atomic E-state index is 6.33. The molecule has 0 bridgehead atoms. The van der Waals surface area contributed by atoms with Crippen molar-refractivity contribution in [2.75, 3.05) is 12.8 Å². The van der Waals surface area contributed by atoms with Crippen LogP contribution in [0, 0.1) is 0 Å². The highest BCUT2D eigenvalue weighted by molar-refractivity contribution is 6.00. The molecule has 0 atom stereocenters. The minimum atomic E-state index is 0.422. The van der Waals surface area contributed by atoms with Crippen molar-refractivity contribution < 1.29 is 9.47 Å². The Balaban J connectivity index is 1.54. The zero-order chi connectivity index (χ0) is 21.2. The summed E-state index contributed by atoms with van der Waals surface area (Å²) in [4.78, 5) is 4.55. The monoisotopic (exact) mass is 408 g/mol. The molecule has 2 N–H and O–H groups in total. The van der Waals surface area contributed by atoms with Gasteiger partial charge in [-0.25, -0.2) is 9.67 Å². The average Bonchev–Trinajstić information content (AvgIpc) is 3.17. The van der Waals surface area contributed by atoms with E-state index >= 15 is 0 Å². The van der Waals surface area contributed by atoms with Crippen molar-refractivity contribution in [3.05, 3.63) is 91.1 Å². The molecule has 0 saturated carbocycles. The fourth-order valence-corrected chi connectivity index (χ4v) is 3.56. The maximum absolute atomic E-state index is 6.33. The van der Waals surface area contributed by atoms with Gasteiger partial charge in [-0.05, 0) is 53.6 Å². The molecule has 2 aromatic heterocycles. The van der Waals surface area contributed by atoms with E-state index in [-0.39, 0.29) is 0 Å². The van der Waals surface area contributed by atoms with Crippen LogP contribution < -0.4 is 15.2 Å². The van der Waals surface area contributed by atoms with E-state index in [0.717, 1.165) is 39.4 Å². The quantitative estimate of drug-likeness (QED) is 0.417. The molecule has 0 aliphatic rings. The van der Waals surface area contributed by atoms with E-state index < -0.39 is 0 Å². The zero-order valence-corrected chi connectivity index (χ0v) is 16.9. The van der Waals surface area contributed by atoms with E-state index in [9.17, 15) is 0 Å². The number of aromatic nitrogens is 3. The molecular weight excluding hydrogens is 388 g/mol. The zero-order valence-electron chi connectivity index (χ0n) is 16.9. The number of anilines is 1. The normalized spacial score (nSPS) is 10.9. The van der Waals surface area contributed by atoms with Crippen LogP contribution in [0.5, 0.6) is 17.2 Å². The van der Waals surface area contributed by atoms with Gasteiger partial charge in [0.05, 0.1) is 18.2 Å². The molecule has 0 aliphatic heterocycles. The SMILES string of the molecule is COc1cccc(-n2nc(N)c3c(-c4ccc(Oc5ccccc5)cc4)ccnc32)c1. The molecule has 2 heterocycles. The van der Waals surface area contributed by atoms with Gasteiger partial charge in [0, 0.05) is 12.3 Å². The Hall–Kier alpha value is -4.32. The minimum Gasteiger partial charge on any atom is -0.497 e. The number of benzene rings is 3. The molecule has 0 radical (unpaired) electrons. The first-order valence-electron chi connectivity index (χ1n) is 9.84. The lowest BCUT2D eigenvalue weighted by Gasteiger charge is -2.08.